The van der Waals surface area contributed by atoms with Crippen molar-refractivity contribution in [3.8, 4) is 11.5 Å². The molecule has 0 bridgehead atoms. The highest BCUT2D eigenvalue weighted by atomic mass is 16.5. The first-order valence-electron chi connectivity index (χ1n) is 9.14. The first-order chi connectivity index (χ1) is 13.1. The van der Waals surface area contributed by atoms with Crippen molar-refractivity contribution >= 4 is 16.7 Å². The highest BCUT2D eigenvalue weighted by Crippen LogP contribution is 2.22. The Morgan fingerprint density at radius 1 is 0.963 bits per heavy atom. The average molecular weight is 363 g/mol. The largest absolute Gasteiger partial charge is 0.497 e. The van der Waals surface area contributed by atoms with Crippen LogP contribution in [-0.2, 0) is 11.3 Å². The summed E-state index contributed by atoms with van der Waals surface area (Å²) in [5, 5.41) is 2.25. The van der Waals surface area contributed by atoms with E-state index in [0.717, 1.165) is 22.1 Å². The van der Waals surface area contributed by atoms with E-state index in [9.17, 15) is 4.79 Å². The van der Waals surface area contributed by atoms with E-state index in [2.05, 4.69) is 6.07 Å². The van der Waals surface area contributed by atoms with Gasteiger partial charge < -0.3 is 14.4 Å². The van der Waals surface area contributed by atoms with Crippen molar-refractivity contribution in [1.82, 2.24) is 4.90 Å². The molecular formula is C23H25NO3. The van der Waals surface area contributed by atoms with Gasteiger partial charge in [-0.3, -0.25) is 4.79 Å². The molecule has 1 unspecified atom stereocenters. The van der Waals surface area contributed by atoms with E-state index >= 15 is 0 Å². The minimum absolute atomic E-state index is 0.0264. The van der Waals surface area contributed by atoms with Crippen LogP contribution in [0.3, 0.4) is 0 Å². The second-order valence-electron chi connectivity index (χ2n) is 6.57. The first kappa shape index (κ1) is 18.8. The van der Waals surface area contributed by atoms with Gasteiger partial charge in [0, 0.05) is 13.6 Å². The van der Waals surface area contributed by atoms with Crippen LogP contribution < -0.4 is 9.47 Å². The zero-order valence-electron chi connectivity index (χ0n) is 16.0. The molecule has 0 heterocycles. The topological polar surface area (TPSA) is 38.8 Å². The fourth-order valence-corrected chi connectivity index (χ4v) is 3.04. The van der Waals surface area contributed by atoms with E-state index in [1.165, 1.54) is 0 Å². The van der Waals surface area contributed by atoms with E-state index in [1.807, 2.05) is 67.6 Å². The van der Waals surface area contributed by atoms with Crippen LogP contribution in [0.25, 0.3) is 10.8 Å². The van der Waals surface area contributed by atoms with Gasteiger partial charge in [-0.25, -0.2) is 0 Å². The Morgan fingerprint density at radius 2 is 1.63 bits per heavy atom. The first-order valence-corrected chi connectivity index (χ1v) is 9.14. The lowest BCUT2D eigenvalue weighted by molar-refractivity contribution is -0.138. The molecular weight excluding hydrogens is 338 g/mol. The highest BCUT2D eigenvalue weighted by molar-refractivity contribution is 5.84. The summed E-state index contributed by atoms with van der Waals surface area (Å²) >= 11 is 0. The summed E-state index contributed by atoms with van der Waals surface area (Å²) in [4.78, 5) is 14.6. The van der Waals surface area contributed by atoms with Crippen LogP contribution in [-0.4, -0.2) is 31.1 Å². The molecule has 3 aromatic rings. The number of carbonyl (C=O) groups excluding carboxylic acids is 1. The zero-order valence-corrected chi connectivity index (χ0v) is 16.0. The summed E-state index contributed by atoms with van der Waals surface area (Å²) in [5.41, 5.74) is 1.05. The van der Waals surface area contributed by atoms with E-state index in [-0.39, 0.29) is 5.91 Å². The summed E-state index contributed by atoms with van der Waals surface area (Å²) in [6, 6.07) is 21.8. The number of ether oxygens (including phenoxy) is 2. The van der Waals surface area contributed by atoms with Crippen molar-refractivity contribution in [2.75, 3.05) is 14.2 Å². The number of methoxy groups -OCH3 is 1. The minimum Gasteiger partial charge on any atom is -0.497 e. The Bertz CT molecular complexity index is 905. The Kier molecular flexibility index (Phi) is 5.97. The van der Waals surface area contributed by atoms with Gasteiger partial charge in [-0.2, -0.15) is 0 Å². The molecule has 4 nitrogen and oxygen atoms in total. The quantitative estimate of drug-likeness (QED) is 0.613. The predicted octanol–water partition coefficient (Wildman–Crippen LogP) is 4.66. The fraction of sp³-hybridized carbons (Fsp3) is 0.261. The van der Waals surface area contributed by atoms with Crippen LogP contribution >= 0.6 is 0 Å². The molecule has 140 valence electrons. The Balaban J connectivity index is 1.68. The average Bonchev–Trinajstić information content (AvgIpc) is 2.72. The number of nitrogens with zero attached hydrogens (tertiary/aromatic N) is 1. The van der Waals surface area contributed by atoms with Gasteiger partial charge in [-0.1, -0.05) is 49.4 Å². The second-order valence-corrected chi connectivity index (χ2v) is 6.57. The number of rotatable bonds is 7. The standard InChI is InChI=1S/C23H25NO3/c1-4-22(27-21-14-11-18-7-5-6-8-19(18)15-21)23(25)24(2)16-17-9-12-20(26-3)13-10-17/h5-15,22H,4,16H2,1-3H3. The molecule has 0 spiro atoms. The number of benzene rings is 3. The number of hydrogen-bond donors (Lipinski definition) is 0. The van der Waals surface area contributed by atoms with Crippen molar-refractivity contribution in [2.24, 2.45) is 0 Å². The van der Waals surface area contributed by atoms with Crippen molar-refractivity contribution < 1.29 is 14.3 Å². The fourth-order valence-electron chi connectivity index (χ4n) is 3.04. The van der Waals surface area contributed by atoms with Gasteiger partial charge in [0.15, 0.2) is 6.10 Å². The number of amides is 1. The molecule has 27 heavy (non-hydrogen) atoms. The zero-order chi connectivity index (χ0) is 19.2. The van der Waals surface area contributed by atoms with Crippen LogP contribution in [0.15, 0.2) is 66.7 Å². The van der Waals surface area contributed by atoms with Crippen LogP contribution in [0.5, 0.6) is 11.5 Å². The van der Waals surface area contributed by atoms with Crippen LogP contribution in [0.2, 0.25) is 0 Å². The summed E-state index contributed by atoms with van der Waals surface area (Å²) in [5.74, 6) is 1.49. The van der Waals surface area contributed by atoms with Gasteiger partial charge >= 0.3 is 0 Å². The maximum Gasteiger partial charge on any atom is 0.263 e. The molecule has 4 heteroatoms. The molecule has 0 radical (unpaired) electrons. The molecule has 1 atom stereocenters. The normalized spacial score (nSPS) is 11.8. The van der Waals surface area contributed by atoms with Gasteiger partial charge in [0.2, 0.25) is 0 Å². The number of fused-ring (bicyclic) bond motifs is 1. The molecule has 0 saturated carbocycles. The summed E-state index contributed by atoms with van der Waals surface area (Å²) in [7, 11) is 3.44. The Morgan fingerprint density at radius 3 is 2.30 bits per heavy atom. The third-order valence-electron chi connectivity index (χ3n) is 4.60. The number of hydrogen-bond acceptors (Lipinski definition) is 3. The molecule has 0 saturated heterocycles. The summed E-state index contributed by atoms with van der Waals surface area (Å²) < 4.78 is 11.2. The van der Waals surface area contributed by atoms with Crippen LogP contribution in [0.4, 0.5) is 0 Å². The SMILES string of the molecule is CCC(Oc1ccc2ccccc2c1)C(=O)N(C)Cc1ccc(OC)cc1. The van der Waals surface area contributed by atoms with E-state index in [0.29, 0.717) is 18.7 Å². The van der Waals surface area contributed by atoms with Gasteiger partial charge in [-0.05, 0) is 47.0 Å². The molecule has 0 N–H and O–H groups in total. The van der Waals surface area contributed by atoms with Crippen LogP contribution in [0.1, 0.15) is 18.9 Å². The van der Waals surface area contributed by atoms with Crippen molar-refractivity contribution in [2.45, 2.75) is 26.0 Å². The lowest BCUT2D eigenvalue weighted by Gasteiger charge is -2.24. The summed E-state index contributed by atoms with van der Waals surface area (Å²) in [6.45, 7) is 2.49. The number of carbonyl (C=O) groups is 1. The lowest BCUT2D eigenvalue weighted by atomic mass is 10.1. The van der Waals surface area contributed by atoms with E-state index in [4.69, 9.17) is 9.47 Å². The third kappa shape index (κ3) is 4.59. The number of likely N-dealkylation sites (N-methyl/N-ethyl adjacent to an activating group) is 1. The molecule has 0 aliphatic heterocycles. The Labute approximate surface area is 160 Å². The van der Waals surface area contributed by atoms with Crippen LogP contribution in [0, 0.1) is 0 Å². The smallest absolute Gasteiger partial charge is 0.263 e. The van der Waals surface area contributed by atoms with Crippen molar-refractivity contribution in [3.05, 3.63) is 72.3 Å². The molecule has 0 aliphatic rings. The van der Waals surface area contributed by atoms with Gasteiger partial charge in [0.1, 0.15) is 11.5 Å². The summed E-state index contributed by atoms with van der Waals surface area (Å²) in [6.07, 6.45) is 0.105. The molecule has 3 rings (SSSR count). The Hall–Kier alpha value is -3.01. The lowest BCUT2D eigenvalue weighted by Crippen LogP contribution is -2.39. The van der Waals surface area contributed by atoms with Gasteiger partial charge in [-0.15, -0.1) is 0 Å². The van der Waals surface area contributed by atoms with E-state index in [1.54, 1.807) is 19.1 Å². The van der Waals surface area contributed by atoms with E-state index < -0.39 is 6.10 Å². The molecule has 1 amide bonds. The minimum atomic E-state index is -0.505. The molecule has 0 aromatic heterocycles. The van der Waals surface area contributed by atoms with Crippen molar-refractivity contribution in [3.63, 3.8) is 0 Å². The van der Waals surface area contributed by atoms with Gasteiger partial charge in [0.25, 0.3) is 5.91 Å². The molecule has 0 aliphatic carbocycles. The van der Waals surface area contributed by atoms with Crippen molar-refractivity contribution in [1.29, 1.82) is 0 Å². The monoisotopic (exact) mass is 363 g/mol. The molecule has 3 aromatic carbocycles. The van der Waals surface area contributed by atoms with Gasteiger partial charge in [0.05, 0.1) is 7.11 Å². The maximum absolute atomic E-state index is 12.8. The third-order valence-corrected chi connectivity index (χ3v) is 4.60. The maximum atomic E-state index is 12.8. The second kappa shape index (κ2) is 8.58. The highest BCUT2D eigenvalue weighted by Gasteiger charge is 2.22. The predicted molar refractivity (Wildman–Crippen MR) is 108 cm³/mol. The molecule has 0 fully saturated rings.